The molecule has 1 atom stereocenters. The van der Waals surface area contributed by atoms with E-state index in [1.54, 1.807) is 6.07 Å². The van der Waals surface area contributed by atoms with Crippen LogP contribution in [0.3, 0.4) is 0 Å². The molecule has 2 aliphatic rings. The zero-order chi connectivity index (χ0) is 13.6. The molecule has 1 fully saturated rings. The van der Waals surface area contributed by atoms with Gasteiger partial charge in [0.1, 0.15) is 11.0 Å². The Morgan fingerprint density at radius 1 is 1.37 bits per heavy atom. The highest BCUT2D eigenvalue weighted by molar-refractivity contribution is 7.80. The summed E-state index contributed by atoms with van der Waals surface area (Å²) in [5.41, 5.74) is 8.46. The number of imide groups is 1. The molecular formula is C13H13N3O2S. The first-order valence-corrected chi connectivity index (χ1v) is 6.51. The van der Waals surface area contributed by atoms with Gasteiger partial charge in [-0.05, 0) is 18.1 Å². The lowest BCUT2D eigenvalue weighted by atomic mass is 10.0. The van der Waals surface area contributed by atoms with E-state index >= 15 is 0 Å². The number of hydrogen-bond acceptors (Lipinski definition) is 4. The van der Waals surface area contributed by atoms with Gasteiger partial charge >= 0.3 is 0 Å². The van der Waals surface area contributed by atoms with Gasteiger partial charge in [-0.15, -0.1) is 0 Å². The van der Waals surface area contributed by atoms with Crippen LogP contribution in [0.15, 0.2) is 18.2 Å². The average molecular weight is 275 g/mol. The van der Waals surface area contributed by atoms with Gasteiger partial charge in [0, 0.05) is 24.2 Å². The summed E-state index contributed by atoms with van der Waals surface area (Å²) < 4.78 is 0. The topological polar surface area (TPSA) is 75.4 Å². The van der Waals surface area contributed by atoms with Gasteiger partial charge < -0.3 is 10.6 Å². The van der Waals surface area contributed by atoms with Crippen LogP contribution in [-0.2, 0) is 16.1 Å². The first-order chi connectivity index (χ1) is 9.08. The molecule has 3 rings (SSSR count). The number of nitrogens with zero attached hydrogens (tertiary/aromatic N) is 1. The van der Waals surface area contributed by atoms with Gasteiger partial charge in [-0.1, -0.05) is 24.4 Å². The Bertz CT molecular complexity index is 600. The molecule has 1 aromatic rings. The molecule has 2 aliphatic heterocycles. The lowest BCUT2D eigenvalue weighted by molar-refractivity contribution is -0.136. The maximum Gasteiger partial charge on any atom is 0.249 e. The van der Waals surface area contributed by atoms with Crippen molar-refractivity contribution in [3.63, 3.8) is 0 Å². The molecule has 0 aliphatic carbocycles. The van der Waals surface area contributed by atoms with Crippen LogP contribution in [0.25, 0.3) is 0 Å². The second-order valence-corrected chi connectivity index (χ2v) is 5.17. The molecular weight excluding hydrogens is 262 g/mol. The lowest BCUT2D eigenvalue weighted by Gasteiger charge is -2.30. The Hall–Kier alpha value is -1.95. The van der Waals surface area contributed by atoms with Crippen molar-refractivity contribution in [1.29, 1.82) is 0 Å². The Morgan fingerprint density at radius 2 is 2.16 bits per heavy atom. The Balaban J connectivity index is 1.90. The van der Waals surface area contributed by atoms with Gasteiger partial charge in [-0.3, -0.25) is 14.9 Å². The first-order valence-electron chi connectivity index (χ1n) is 6.10. The summed E-state index contributed by atoms with van der Waals surface area (Å²) in [7, 11) is 0. The van der Waals surface area contributed by atoms with Crippen molar-refractivity contribution < 1.29 is 9.59 Å². The van der Waals surface area contributed by atoms with E-state index in [0.717, 1.165) is 11.1 Å². The third-order valence-electron chi connectivity index (χ3n) is 3.58. The van der Waals surface area contributed by atoms with Crippen LogP contribution in [0.5, 0.6) is 0 Å². The van der Waals surface area contributed by atoms with Crippen LogP contribution in [0.2, 0.25) is 0 Å². The quantitative estimate of drug-likeness (QED) is 0.445. The van der Waals surface area contributed by atoms with Gasteiger partial charge in [0.2, 0.25) is 11.8 Å². The third-order valence-corrected chi connectivity index (χ3v) is 4.02. The fourth-order valence-corrected chi connectivity index (χ4v) is 3.08. The first kappa shape index (κ1) is 12.1. The number of anilines is 1. The number of piperidine rings is 1. The van der Waals surface area contributed by atoms with Gasteiger partial charge in [-0.2, -0.15) is 0 Å². The van der Waals surface area contributed by atoms with Crippen LogP contribution in [0.4, 0.5) is 5.69 Å². The number of hydrogen-bond donors (Lipinski definition) is 2. The molecule has 2 heterocycles. The fraction of sp³-hybridized carbons (Fsp3) is 0.308. The third kappa shape index (κ3) is 1.88. The Labute approximate surface area is 115 Å². The molecule has 19 heavy (non-hydrogen) atoms. The van der Waals surface area contributed by atoms with Crippen molar-refractivity contribution in [3.8, 4) is 0 Å². The molecule has 0 aromatic heterocycles. The minimum Gasteiger partial charge on any atom is -0.398 e. The number of nitrogen functional groups attached to an aromatic ring is 1. The Morgan fingerprint density at radius 3 is 2.84 bits per heavy atom. The molecule has 0 bridgehead atoms. The van der Waals surface area contributed by atoms with E-state index in [1.807, 2.05) is 17.0 Å². The maximum atomic E-state index is 11.9. The molecule has 0 radical (unpaired) electrons. The normalized spacial score (nSPS) is 22.4. The number of rotatable bonds is 1. The van der Waals surface area contributed by atoms with Crippen molar-refractivity contribution in [1.82, 2.24) is 10.2 Å². The van der Waals surface area contributed by atoms with E-state index in [2.05, 4.69) is 5.32 Å². The monoisotopic (exact) mass is 275 g/mol. The molecule has 0 spiro atoms. The number of thiocarbonyl (C=S) groups is 1. The minimum atomic E-state index is -0.378. The molecule has 1 aromatic carbocycles. The van der Waals surface area contributed by atoms with E-state index in [1.165, 1.54) is 0 Å². The molecule has 0 saturated carbocycles. The van der Waals surface area contributed by atoms with Crippen molar-refractivity contribution in [2.24, 2.45) is 0 Å². The standard InChI is InChI=1S/C13H13N3O2S/c14-8-3-1-2-7-6-16(13(19)11(7)8)9-4-5-10(17)15-12(9)18/h1-3,9H,4-6,14H2,(H,15,17,18). The summed E-state index contributed by atoms with van der Waals surface area (Å²) >= 11 is 5.43. The van der Waals surface area contributed by atoms with Crippen LogP contribution < -0.4 is 11.1 Å². The molecule has 3 N–H and O–H groups in total. The minimum absolute atomic E-state index is 0.219. The molecule has 2 amide bonds. The summed E-state index contributed by atoms with van der Waals surface area (Å²) in [6.45, 7) is 0.575. The molecule has 6 heteroatoms. The molecule has 98 valence electrons. The fourth-order valence-electron chi connectivity index (χ4n) is 2.64. The predicted octanol–water partition coefficient (Wildman–Crippen LogP) is 0.565. The highest BCUT2D eigenvalue weighted by atomic mass is 32.1. The number of nitrogens with two attached hydrogens (primary N) is 1. The number of nitrogens with one attached hydrogen (secondary N) is 1. The zero-order valence-corrected chi connectivity index (χ0v) is 11.0. The smallest absolute Gasteiger partial charge is 0.249 e. The van der Waals surface area contributed by atoms with Crippen LogP contribution >= 0.6 is 12.2 Å². The average Bonchev–Trinajstić information content (AvgIpc) is 2.68. The second-order valence-electron chi connectivity index (χ2n) is 4.78. The number of benzene rings is 1. The van der Waals surface area contributed by atoms with Crippen LogP contribution in [-0.4, -0.2) is 27.7 Å². The molecule has 1 unspecified atom stereocenters. The lowest BCUT2D eigenvalue weighted by Crippen LogP contribution is -2.52. The van der Waals surface area contributed by atoms with E-state index in [4.69, 9.17) is 18.0 Å². The van der Waals surface area contributed by atoms with Crippen molar-refractivity contribution >= 4 is 34.7 Å². The maximum absolute atomic E-state index is 11.9. The van der Waals surface area contributed by atoms with Gasteiger partial charge in [-0.25, -0.2) is 0 Å². The van der Waals surface area contributed by atoms with E-state index in [0.29, 0.717) is 30.1 Å². The largest absolute Gasteiger partial charge is 0.398 e. The van der Waals surface area contributed by atoms with Crippen LogP contribution in [0.1, 0.15) is 24.0 Å². The van der Waals surface area contributed by atoms with Crippen molar-refractivity contribution in [2.45, 2.75) is 25.4 Å². The predicted molar refractivity (Wildman–Crippen MR) is 74.3 cm³/mol. The summed E-state index contributed by atoms with van der Waals surface area (Å²) in [6.07, 6.45) is 0.847. The number of amides is 2. The number of carbonyl (C=O) groups is 2. The molecule has 1 saturated heterocycles. The van der Waals surface area contributed by atoms with Gasteiger partial charge in [0.15, 0.2) is 0 Å². The summed E-state index contributed by atoms with van der Waals surface area (Å²) in [5.74, 6) is -0.492. The summed E-state index contributed by atoms with van der Waals surface area (Å²) in [6, 6.07) is 5.27. The Kier molecular flexibility index (Phi) is 2.74. The van der Waals surface area contributed by atoms with Crippen molar-refractivity contribution in [3.05, 3.63) is 29.3 Å². The van der Waals surface area contributed by atoms with E-state index in [9.17, 15) is 9.59 Å². The highest BCUT2D eigenvalue weighted by Crippen LogP contribution is 2.31. The van der Waals surface area contributed by atoms with Crippen LogP contribution in [0, 0.1) is 0 Å². The van der Waals surface area contributed by atoms with E-state index in [-0.39, 0.29) is 17.9 Å². The van der Waals surface area contributed by atoms with Gasteiger partial charge in [0.25, 0.3) is 0 Å². The highest BCUT2D eigenvalue weighted by Gasteiger charge is 2.37. The van der Waals surface area contributed by atoms with E-state index < -0.39 is 0 Å². The number of fused-ring (bicyclic) bond motifs is 1. The number of carbonyl (C=O) groups excluding carboxylic acids is 2. The zero-order valence-electron chi connectivity index (χ0n) is 10.2. The van der Waals surface area contributed by atoms with Crippen molar-refractivity contribution in [2.75, 3.05) is 5.73 Å². The summed E-state index contributed by atoms with van der Waals surface area (Å²) in [4.78, 5) is 25.6. The SMILES string of the molecule is Nc1cccc2c1C(=S)N(C1CCC(=O)NC1=O)C2. The second kappa shape index (κ2) is 4.31. The molecule has 5 nitrogen and oxygen atoms in total. The summed E-state index contributed by atoms with van der Waals surface area (Å²) in [5, 5.41) is 2.36. The van der Waals surface area contributed by atoms with Gasteiger partial charge in [0.05, 0.1) is 0 Å².